The van der Waals surface area contributed by atoms with E-state index < -0.39 is 17.7 Å². The Balaban J connectivity index is 2.38. The molecule has 2 rings (SSSR count). The van der Waals surface area contributed by atoms with E-state index in [9.17, 15) is 9.59 Å². The van der Waals surface area contributed by atoms with Gasteiger partial charge in [-0.2, -0.15) is 0 Å². The van der Waals surface area contributed by atoms with E-state index in [1.54, 1.807) is 24.3 Å². The number of esters is 2. The lowest BCUT2D eigenvalue weighted by Gasteiger charge is -2.27. The summed E-state index contributed by atoms with van der Waals surface area (Å²) in [5.74, 6) is -2.56. The molecule has 0 atom stereocenters. The SMILES string of the molecule is CC1(c2ccccc2)OC(=O)C=CC(=O)O1. The lowest BCUT2D eigenvalue weighted by Crippen LogP contribution is -2.32. The largest absolute Gasteiger partial charge is 0.415 e. The molecule has 0 radical (unpaired) electrons. The number of rotatable bonds is 1. The molecule has 1 aromatic carbocycles. The average molecular weight is 218 g/mol. The first kappa shape index (κ1) is 10.4. The van der Waals surface area contributed by atoms with Crippen LogP contribution in [0.1, 0.15) is 12.5 Å². The summed E-state index contributed by atoms with van der Waals surface area (Å²) in [6, 6.07) is 8.84. The first-order valence-corrected chi connectivity index (χ1v) is 4.80. The van der Waals surface area contributed by atoms with Gasteiger partial charge in [-0.05, 0) is 0 Å². The Labute approximate surface area is 92.5 Å². The molecule has 1 aliphatic rings. The minimum atomic E-state index is -1.36. The molecule has 0 spiro atoms. The summed E-state index contributed by atoms with van der Waals surface area (Å²) < 4.78 is 10.2. The van der Waals surface area contributed by atoms with Crippen molar-refractivity contribution in [1.29, 1.82) is 0 Å². The lowest BCUT2D eigenvalue weighted by molar-refractivity contribution is -0.218. The van der Waals surface area contributed by atoms with Crippen molar-refractivity contribution >= 4 is 11.9 Å². The molecule has 4 heteroatoms. The van der Waals surface area contributed by atoms with E-state index in [4.69, 9.17) is 9.47 Å². The molecule has 0 aliphatic carbocycles. The molecule has 0 fully saturated rings. The van der Waals surface area contributed by atoms with Crippen molar-refractivity contribution in [2.24, 2.45) is 0 Å². The molecule has 16 heavy (non-hydrogen) atoms. The number of benzene rings is 1. The minimum Gasteiger partial charge on any atom is -0.415 e. The molecule has 0 amide bonds. The van der Waals surface area contributed by atoms with Gasteiger partial charge in [-0.25, -0.2) is 9.59 Å². The molecular formula is C12H10O4. The minimum absolute atomic E-state index is 0.600. The van der Waals surface area contributed by atoms with Crippen molar-refractivity contribution in [3.05, 3.63) is 48.0 Å². The average Bonchev–Trinajstić information content (AvgIpc) is 2.40. The number of cyclic esters (lactones) is 2. The second-order valence-electron chi connectivity index (χ2n) is 3.49. The second-order valence-corrected chi connectivity index (χ2v) is 3.49. The van der Waals surface area contributed by atoms with Gasteiger partial charge in [-0.15, -0.1) is 0 Å². The van der Waals surface area contributed by atoms with Crippen LogP contribution in [-0.2, 0) is 24.8 Å². The van der Waals surface area contributed by atoms with Gasteiger partial charge in [0.2, 0.25) is 0 Å². The molecule has 0 N–H and O–H groups in total. The van der Waals surface area contributed by atoms with Gasteiger partial charge in [0.15, 0.2) is 0 Å². The highest BCUT2D eigenvalue weighted by Gasteiger charge is 2.36. The molecule has 0 saturated carbocycles. The van der Waals surface area contributed by atoms with Gasteiger partial charge in [0.05, 0.1) is 0 Å². The maximum absolute atomic E-state index is 11.3. The molecule has 0 saturated heterocycles. The van der Waals surface area contributed by atoms with Crippen LogP contribution in [0, 0.1) is 0 Å². The van der Waals surface area contributed by atoms with Crippen LogP contribution in [-0.4, -0.2) is 11.9 Å². The zero-order valence-electron chi connectivity index (χ0n) is 8.67. The first-order valence-electron chi connectivity index (χ1n) is 4.80. The van der Waals surface area contributed by atoms with Crippen LogP contribution in [0.25, 0.3) is 0 Å². The van der Waals surface area contributed by atoms with Crippen LogP contribution in [0.3, 0.4) is 0 Å². The van der Waals surface area contributed by atoms with E-state index in [0.29, 0.717) is 5.56 Å². The maximum Gasteiger partial charge on any atom is 0.334 e. The lowest BCUT2D eigenvalue weighted by atomic mass is 10.1. The predicted molar refractivity (Wildman–Crippen MR) is 55.1 cm³/mol. The monoisotopic (exact) mass is 218 g/mol. The smallest absolute Gasteiger partial charge is 0.334 e. The van der Waals surface area contributed by atoms with Crippen LogP contribution in [0.2, 0.25) is 0 Å². The Kier molecular flexibility index (Phi) is 2.48. The highest BCUT2D eigenvalue weighted by atomic mass is 16.7. The fraction of sp³-hybridized carbons (Fsp3) is 0.167. The van der Waals surface area contributed by atoms with Gasteiger partial charge in [-0.1, -0.05) is 30.3 Å². The fourth-order valence-electron chi connectivity index (χ4n) is 1.47. The Morgan fingerprint density at radius 3 is 1.94 bits per heavy atom. The molecule has 0 unspecified atom stereocenters. The van der Waals surface area contributed by atoms with Gasteiger partial charge < -0.3 is 9.47 Å². The van der Waals surface area contributed by atoms with E-state index >= 15 is 0 Å². The van der Waals surface area contributed by atoms with Crippen molar-refractivity contribution in [3.8, 4) is 0 Å². The molecule has 1 aromatic rings. The first-order chi connectivity index (χ1) is 7.60. The van der Waals surface area contributed by atoms with E-state index in [1.807, 2.05) is 6.07 Å². The zero-order chi connectivity index (χ0) is 11.6. The molecule has 82 valence electrons. The summed E-state index contributed by atoms with van der Waals surface area (Å²) in [5.41, 5.74) is 0.611. The fourth-order valence-corrected chi connectivity index (χ4v) is 1.47. The zero-order valence-corrected chi connectivity index (χ0v) is 8.67. The predicted octanol–water partition coefficient (Wildman–Crippen LogP) is 1.52. The highest BCUT2D eigenvalue weighted by molar-refractivity contribution is 5.93. The molecule has 4 nitrogen and oxygen atoms in total. The summed E-state index contributed by atoms with van der Waals surface area (Å²) in [5, 5.41) is 0. The van der Waals surface area contributed by atoms with Crippen molar-refractivity contribution in [3.63, 3.8) is 0 Å². The number of carbonyl (C=O) groups is 2. The van der Waals surface area contributed by atoms with E-state index in [1.165, 1.54) is 6.92 Å². The van der Waals surface area contributed by atoms with Crippen molar-refractivity contribution in [2.75, 3.05) is 0 Å². The molecule has 1 aliphatic heterocycles. The normalized spacial score (nSPS) is 18.6. The standard InChI is InChI=1S/C12H10O4/c1-12(9-5-3-2-4-6-9)15-10(13)7-8-11(14)16-12/h2-8H,1H3. The molecular weight excluding hydrogens is 208 g/mol. The van der Waals surface area contributed by atoms with E-state index in [0.717, 1.165) is 12.2 Å². The van der Waals surface area contributed by atoms with E-state index in [2.05, 4.69) is 0 Å². The van der Waals surface area contributed by atoms with Gasteiger partial charge in [0, 0.05) is 24.6 Å². The van der Waals surface area contributed by atoms with Gasteiger partial charge in [-0.3, -0.25) is 0 Å². The van der Waals surface area contributed by atoms with Crippen LogP contribution in [0.15, 0.2) is 42.5 Å². The number of hydrogen-bond donors (Lipinski definition) is 0. The third kappa shape index (κ3) is 1.95. The molecule has 0 bridgehead atoms. The third-order valence-electron chi connectivity index (χ3n) is 2.24. The van der Waals surface area contributed by atoms with Crippen molar-refractivity contribution in [2.45, 2.75) is 12.7 Å². The topological polar surface area (TPSA) is 52.6 Å². The van der Waals surface area contributed by atoms with Crippen LogP contribution in [0.5, 0.6) is 0 Å². The van der Waals surface area contributed by atoms with Crippen molar-refractivity contribution < 1.29 is 19.1 Å². The Morgan fingerprint density at radius 1 is 0.938 bits per heavy atom. The highest BCUT2D eigenvalue weighted by Crippen LogP contribution is 2.28. The summed E-state index contributed by atoms with van der Waals surface area (Å²) in [6.45, 7) is 1.53. The maximum atomic E-state index is 11.3. The second kappa shape index (κ2) is 3.81. The summed E-state index contributed by atoms with van der Waals surface area (Å²) in [7, 11) is 0. The summed E-state index contributed by atoms with van der Waals surface area (Å²) in [6.07, 6.45) is 2.10. The Bertz CT molecular complexity index is 427. The Morgan fingerprint density at radius 2 is 1.44 bits per heavy atom. The number of carbonyl (C=O) groups excluding carboxylic acids is 2. The molecule has 1 heterocycles. The van der Waals surface area contributed by atoms with Crippen molar-refractivity contribution in [1.82, 2.24) is 0 Å². The molecule has 0 aromatic heterocycles. The number of hydrogen-bond acceptors (Lipinski definition) is 4. The number of ether oxygens (including phenoxy) is 2. The summed E-state index contributed by atoms with van der Waals surface area (Å²) in [4.78, 5) is 22.6. The van der Waals surface area contributed by atoms with Crippen LogP contribution in [0.4, 0.5) is 0 Å². The quantitative estimate of drug-likeness (QED) is 0.670. The van der Waals surface area contributed by atoms with E-state index in [-0.39, 0.29) is 0 Å². The Hall–Kier alpha value is -2.10. The summed E-state index contributed by atoms with van der Waals surface area (Å²) >= 11 is 0. The van der Waals surface area contributed by atoms with Crippen LogP contribution < -0.4 is 0 Å². The van der Waals surface area contributed by atoms with Gasteiger partial charge in [0.25, 0.3) is 5.79 Å². The van der Waals surface area contributed by atoms with Gasteiger partial charge >= 0.3 is 11.9 Å². The third-order valence-corrected chi connectivity index (χ3v) is 2.24. The van der Waals surface area contributed by atoms with Crippen LogP contribution >= 0.6 is 0 Å². The van der Waals surface area contributed by atoms with Gasteiger partial charge in [0.1, 0.15) is 0 Å².